The molecule has 0 unspecified atom stereocenters. The number of carbonyl (C=O) groups excluding carboxylic acids is 3. The Balaban J connectivity index is 0.000000856. The van der Waals surface area contributed by atoms with Crippen LogP contribution in [0.25, 0.3) is 0 Å². The first-order valence-corrected chi connectivity index (χ1v) is 11.4. The van der Waals surface area contributed by atoms with Gasteiger partial charge >= 0.3 is 18.1 Å². The summed E-state index contributed by atoms with van der Waals surface area (Å²) in [5.74, 6) is -5.43. The number of benzene rings is 1. The molecule has 0 saturated carbocycles. The third-order valence-corrected chi connectivity index (χ3v) is 5.46. The molecule has 3 atom stereocenters. The Kier molecular flexibility index (Phi) is 13.1. The molecule has 1 aromatic rings. The zero-order chi connectivity index (χ0) is 28.0. The van der Waals surface area contributed by atoms with Crippen LogP contribution in [0.2, 0.25) is 0 Å². The summed E-state index contributed by atoms with van der Waals surface area (Å²) in [6, 6.07) is 9.02. The molecule has 206 valence electrons. The molecule has 1 aliphatic heterocycles. The Morgan fingerprint density at radius 1 is 1.16 bits per heavy atom. The van der Waals surface area contributed by atoms with Gasteiger partial charge in [-0.1, -0.05) is 30.3 Å². The van der Waals surface area contributed by atoms with Gasteiger partial charge in [0.25, 0.3) is 0 Å². The second kappa shape index (κ2) is 15.4. The van der Waals surface area contributed by atoms with Crippen molar-refractivity contribution in [2.75, 3.05) is 20.1 Å². The van der Waals surface area contributed by atoms with Gasteiger partial charge in [-0.15, -0.1) is 0 Å². The van der Waals surface area contributed by atoms with E-state index in [2.05, 4.69) is 16.0 Å². The first kappa shape index (κ1) is 31.4. The Bertz CT molecular complexity index is 915. The highest BCUT2D eigenvalue weighted by Gasteiger charge is 2.38. The van der Waals surface area contributed by atoms with Crippen LogP contribution in [0.15, 0.2) is 30.3 Å². The zero-order valence-corrected chi connectivity index (χ0v) is 20.2. The molecule has 1 aliphatic rings. The number of nitrogens with one attached hydrogen (secondary N) is 3. The average molecular weight is 533 g/mol. The van der Waals surface area contributed by atoms with Crippen molar-refractivity contribution in [1.29, 1.82) is 0 Å². The SMILES string of the molecule is CN(C=O)[C@H]1CCCNC(=O)C[C@@H](C(=O)O)CN[C@@H](CCc2ccccc2)C(=O)N1.O=C(O)C(F)(F)F. The molecule has 3 amide bonds. The maximum atomic E-state index is 13.0. The van der Waals surface area contributed by atoms with Crippen molar-refractivity contribution >= 4 is 30.2 Å². The second-order valence-corrected chi connectivity index (χ2v) is 8.31. The maximum absolute atomic E-state index is 13.0. The van der Waals surface area contributed by atoms with Crippen molar-refractivity contribution in [3.63, 3.8) is 0 Å². The molecule has 14 heteroatoms. The number of alkyl halides is 3. The van der Waals surface area contributed by atoms with Crippen LogP contribution in [0.5, 0.6) is 0 Å². The van der Waals surface area contributed by atoms with E-state index in [4.69, 9.17) is 9.90 Å². The minimum absolute atomic E-state index is 0.0101. The fourth-order valence-electron chi connectivity index (χ4n) is 3.35. The number of nitrogens with zero attached hydrogens (tertiary/aromatic N) is 1. The van der Waals surface area contributed by atoms with E-state index in [0.29, 0.717) is 38.6 Å². The Hall–Kier alpha value is -3.68. The van der Waals surface area contributed by atoms with Crippen LogP contribution in [0.1, 0.15) is 31.2 Å². The van der Waals surface area contributed by atoms with Crippen LogP contribution in [-0.4, -0.2) is 83.8 Å². The van der Waals surface area contributed by atoms with Crippen molar-refractivity contribution in [2.45, 2.75) is 50.5 Å². The Labute approximate surface area is 211 Å². The third-order valence-electron chi connectivity index (χ3n) is 5.46. The molecule has 1 saturated heterocycles. The van der Waals surface area contributed by atoms with E-state index in [1.807, 2.05) is 30.3 Å². The lowest BCUT2D eigenvalue weighted by atomic mass is 10.0. The summed E-state index contributed by atoms with van der Waals surface area (Å²) in [5.41, 5.74) is 1.06. The van der Waals surface area contributed by atoms with Gasteiger partial charge in [0.15, 0.2) is 0 Å². The Morgan fingerprint density at radius 2 is 1.78 bits per heavy atom. The molecule has 0 spiro atoms. The van der Waals surface area contributed by atoms with Crippen molar-refractivity contribution in [2.24, 2.45) is 5.92 Å². The van der Waals surface area contributed by atoms with Gasteiger partial charge in [-0.3, -0.25) is 19.2 Å². The Morgan fingerprint density at radius 3 is 2.32 bits per heavy atom. The highest BCUT2D eigenvalue weighted by atomic mass is 19.4. The van der Waals surface area contributed by atoms with Crippen molar-refractivity contribution in [3.05, 3.63) is 35.9 Å². The van der Waals surface area contributed by atoms with Crippen LogP contribution < -0.4 is 16.0 Å². The summed E-state index contributed by atoms with van der Waals surface area (Å²) in [7, 11) is 1.58. The van der Waals surface area contributed by atoms with E-state index in [1.54, 1.807) is 7.05 Å². The largest absolute Gasteiger partial charge is 0.490 e. The molecule has 2 rings (SSSR count). The van der Waals surface area contributed by atoms with Crippen LogP contribution in [0.4, 0.5) is 13.2 Å². The number of aryl methyl sites for hydroxylation is 1. The number of carboxylic acids is 2. The number of carbonyl (C=O) groups is 5. The standard InChI is InChI=1S/C21H30N4O5.C2HF3O2/c1-25(14-26)18-8-5-11-22-19(27)12-16(21(29)30)13-23-17(20(28)24-18)10-9-15-6-3-2-4-7-15;3-2(4,5)1(6)7/h2-4,6-7,14,16-18,23H,5,8-13H2,1H3,(H,22,27)(H,24,28)(H,29,30);(H,6,7)/t16-,17+,18+;/m1./s1. The molecule has 5 N–H and O–H groups in total. The van der Waals surface area contributed by atoms with Crippen LogP contribution in [0, 0.1) is 5.92 Å². The van der Waals surface area contributed by atoms with E-state index in [-0.39, 0.29) is 24.8 Å². The summed E-state index contributed by atoms with van der Waals surface area (Å²) in [4.78, 5) is 58.1. The van der Waals surface area contributed by atoms with Gasteiger partial charge in [0, 0.05) is 26.6 Å². The monoisotopic (exact) mass is 532 g/mol. The van der Waals surface area contributed by atoms with Gasteiger partial charge in [-0.05, 0) is 31.2 Å². The summed E-state index contributed by atoms with van der Waals surface area (Å²) in [6.45, 7) is 0.332. The van der Waals surface area contributed by atoms with E-state index in [9.17, 15) is 37.5 Å². The molecule has 1 fully saturated rings. The highest BCUT2D eigenvalue weighted by Crippen LogP contribution is 2.13. The fraction of sp³-hybridized carbons (Fsp3) is 0.522. The summed E-state index contributed by atoms with van der Waals surface area (Å²) in [5, 5.41) is 25.2. The van der Waals surface area contributed by atoms with Gasteiger partial charge in [-0.2, -0.15) is 13.2 Å². The molecule has 0 aliphatic carbocycles. The second-order valence-electron chi connectivity index (χ2n) is 8.31. The minimum atomic E-state index is -5.08. The van der Waals surface area contributed by atoms with Crippen molar-refractivity contribution in [1.82, 2.24) is 20.9 Å². The van der Waals surface area contributed by atoms with Crippen LogP contribution in [-0.2, 0) is 30.4 Å². The summed E-state index contributed by atoms with van der Waals surface area (Å²) >= 11 is 0. The lowest BCUT2D eigenvalue weighted by Gasteiger charge is -2.28. The molecule has 1 heterocycles. The molecule has 1 aromatic carbocycles. The third kappa shape index (κ3) is 12.2. The normalized spacial score (nSPS) is 21.4. The molecular weight excluding hydrogens is 501 g/mol. The number of amides is 3. The van der Waals surface area contributed by atoms with E-state index in [1.165, 1.54) is 4.90 Å². The summed E-state index contributed by atoms with van der Waals surface area (Å²) in [6.07, 6.45) is -3.03. The van der Waals surface area contributed by atoms with Crippen LogP contribution in [0.3, 0.4) is 0 Å². The molecular formula is C23H31F3N4O7. The van der Waals surface area contributed by atoms with Gasteiger partial charge in [-0.25, -0.2) is 4.79 Å². The molecule has 0 bridgehead atoms. The van der Waals surface area contributed by atoms with Crippen LogP contribution >= 0.6 is 0 Å². The van der Waals surface area contributed by atoms with Gasteiger partial charge < -0.3 is 31.1 Å². The predicted octanol–water partition coefficient (Wildman–Crippen LogP) is 0.742. The van der Waals surface area contributed by atoms with Gasteiger partial charge in [0.1, 0.15) is 6.17 Å². The van der Waals surface area contributed by atoms with E-state index < -0.39 is 36.2 Å². The number of hydrogen-bond acceptors (Lipinski definition) is 6. The number of rotatable bonds is 6. The lowest BCUT2D eigenvalue weighted by Crippen LogP contribution is -2.53. The number of halogens is 3. The summed E-state index contributed by atoms with van der Waals surface area (Å²) < 4.78 is 31.7. The predicted molar refractivity (Wildman–Crippen MR) is 124 cm³/mol. The van der Waals surface area contributed by atoms with Crippen molar-refractivity contribution in [3.8, 4) is 0 Å². The first-order chi connectivity index (χ1) is 17.3. The van der Waals surface area contributed by atoms with Gasteiger partial charge in [0.05, 0.1) is 12.0 Å². The number of hydrogen-bond donors (Lipinski definition) is 5. The van der Waals surface area contributed by atoms with E-state index >= 15 is 0 Å². The van der Waals surface area contributed by atoms with Crippen molar-refractivity contribution < 1.29 is 47.4 Å². The number of carboxylic acid groups (broad SMARTS) is 2. The molecule has 37 heavy (non-hydrogen) atoms. The molecule has 0 radical (unpaired) electrons. The highest BCUT2D eigenvalue weighted by molar-refractivity contribution is 5.83. The first-order valence-electron chi connectivity index (χ1n) is 11.4. The molecule has 0 aromatic heterocycles. The maximum Gasteiger partial charge on any atom is 0.490 e. The number of aliphatic carboxylic acids is 2. The molecule has 11 nitrogen and oxygen atoms in total. The fourth-order valence-corrected chi connectivity index (χ4v) is 3.35. The minimum Gasteiger partial charge on any atom is -0.481 e. The van der Waals surface area contributed by atoms with E-state index in [0.717, 1.165) is 5.56 Å². The van der Waals surface area contributed by atoms with Gasteiger partial charge in [0.2, 0.25) is 18.2 Å². The average Bonchev–Trinajstić information content (AvgIpc) is 2.85. The topological polar surface area (TPSA) is 165 Å². The zero-order valence-electron chi connectivity index (χ0n) is 20.2. The smallest absolute Gasteiger partial charge is 0.481 e. The quantitative estimate of drug-likeness (QED) is 0.335. The lowest BCUT2D eigenvalue weighted by molar-refractivity contribution is -0.192.